The van der Waals surface area contributed by atoms with Crippen LogP contribution in [-0.4, -0.2) is 74.2 Å². The highest BCUT2D eigenvalue weighted by atomic mass is 16.5. The second kappa shape index (κ2) is 12.5. The minimum Gasteiger partial charge on any atom is -0.497 e. The van der Waals surface area contributed by atoms with Crippen molar-refractivity contribution in [3.05, 3.63) is 71.5 Å². The first-order chi connectivity index (χ1) is 17.6. The van der Waals surface area contributed by atoms with E-state index in [9.17, 15) is 4.79 Å². The molecule has 1 aliphatic rings. The van der Waals surface area contributed by atoms with Gasteiger partial charge in [0.05, 0.1) is 7.11 Å². The summed E-state index contributed by atoms with van der Waals surface area (Å²) in [5, 5.41) is 3.33. The summed E-state index contributed by atoms with van der Waals surface area (Å²) >= 11 is 0. The molecule has 0 atom stereocenters. The highest BCUT2D eigenvalue weighted by molar-refractivity contribution is 5.97. The van der Waals surface area contributed by atoms with Gasteiger partial charge in [-0.3, -0.25) is 4.79 Å². The van der Waals surface area contributed by atoms with E-state index >= 15 is 0 Å². The number of anilines is 3. The zero-order valence-corrected chi connectivity index (χ0v) is 21.4. The van der Waals surface area contributed by atoms with E-state index in [-0.39, 0.29) is 12.4 Å². The topological polar surface area (TPSA) is 79.8 Å². The molecule has 1 aromatic heterocycles. The Balaban J connectivity index is 1.35. The van der Waals surface area contributed by atoms with Crippen LogP contribution in [0, 0.1) is 0 Å². The lowest BCUT2D eigenvalue weighted by Gasteiger charge is -2.35. The lowest BCUT2D eigenvalue weighted by Crippen LogP contribution is -2.46. The molecule has 1 N–H and O–H groups in total. The van der Waals surface area contributed by atoms with E-state index < -0.39 is 0 Å². The average molecular weight is 490 g/mol. The standard InChI is InChI=1S/C28H35N5O3/c1-4-32-10-12-33(13-11-32)25-7-5-6-24(17-25)31-28-29-18-22(19-30-28)9-8-21-14-23(27(34)20-35-2)16-26(15-21)36-3/h5-7,14-19H,4,8-13,20H2,1-3H3,(H,29,30,31). The monoisotopic (exact) mass is 489 g/mol. The van der Waals surface area contributed by atoms with Gasteiger partial charge in [0.2, 0.25) is 5.95 Å². The molecule has 2 aromatic carbocycles. The maximum atomic E-state index is 12.3. The number of hydrogen-bond acceptors (Lipinski definition) is 8. The Kier molecular flexibility index (Phi) is 8.86. The van der Waals surface area contributed by atoms with E-state index in [4.69, 9.17) is 9.47 Å². The van der Waals surface area contributed by atoms with Gasteiger partial charge in [-0.25, -0.2) is 9.97 Å². The molecule has 1 saturated heterocycles. The number of nitrogens with zero attached hydrogens (tertiary/aromatic N) is 4. The Morgan fingerprint density at radius 1 is 0.972 bits per heavy atom. The molecule has 0 amide bonds. The summed E-state index contributed by atoms with van der Waals surface area (Å²) in [7, 11) is 3.12. The molecule has 1 aliphatic heterocycles. The number of aromatic nitrogens is 2. The number of carbonyl (C=O) groups excluding carboxylic acids is 1. The Morgan fingerprint density at radius 3 is 2.42 bits per heavy atom. The van der Waals surface area contributed by atoms with Crippen LogP contribution in [-0.2, 0) is 17.6 Å². The Bertz CT molecular complexity index is 1140. The van der Waals surface area contributed by atoms with Gasteiger partial charge >= 0.3 is 0 Å². The predicted octanol–water partition coefficient (Wildman–Crippen LogP) is 3.99. The van der Waals surface area contributed by atoms with E-state index in [1.165, 1.54) is 12.8 Å². The number of nitrogens with one attached hydrogen (secondary N) is 1. The maximum Gasteiger partial charge on any atom is 0.227 e. The molecular weight excluding hydrogens is 454 g/mol. The molecule has 0 bridgehead atoms. The van der Waals surface area contributed by atoms with Crippen LogP contribution in [0.4, 0.5) is 17.3 Å². The first-order valence-electron chi connectivity index (χ1n) is 12.4. The molecule has 4 rings (SSSR count). The smallest absolute Gasteiger partial charge is 0.227 e. The number of piperazine rings is 1. The summed E-state index contributed by atoms with van der Waals surface area (Å²) in [5.41, 5.74) is 4.83. The third-order valence-corrected chi connectivity index (χ3v) is 6.49. The molecule has 8 heteroatoms. The van der Waals surface area contributed by atoms with Crippen molar-refractivity contribution < 1.29 is 14.3 Å². The van der Waals surface area contributed by atoms with Crippen molar-refractivity contribution in [1.82, 2.24) is 14.9 Å². The van der Waals surface area contributed by atoms with Gasteiger partial charge in [0.15, 0.2) is 5.78 Å². The maximum absolute atomic E-state index is 12.3. The summed E-state index contributed by atoms with van der Waals surface area (Å²) in [4.78, 5) is 26.2. The van der Waals surface area contributed by atoms with E-state index in [1.807, 2.05) is 30.6 Å². The molecule has 1 fully saturated rings. The van der Waals surface area contributed by atoms with Crippen molar-refractivity contribution in [2.75, 3.05) is 63.8 Å². The highest BCUT2D eigenvalue weighted by Gasteiger charge is 2.16. The number of benzene rings is 2. The van der Waals surface area contributed by atoms with Crippen molar-refractivity contribution in [3.63, 3.8) is 0 Å². The number of aryl methyl sites for hydroxylation is 2. The molecule has 0 unspecified atom stereocenters. The van der Waals surface area contributed by atoms with Crippen molar-refractivity contribution in [1.29, 1.82) is 0 Å². The lowest BCUT2D eigenvalue weighted by atomic mass is 10.0. The number of ether oxygens (including phenoxy) is 2. The van der Waals surface area contributed by atoms with E-state index in [2.05, 4.69) is 50.2 Å². The number of Topliss-reactive ketones (excluding diaryl/α,β-unsaturated/α-hetero) is 1. The molecule has 0 aliphatic carbocycles. The fourth-order valence-corrected chi connectivity index (χ4v) is 4.37. The van der Waals surface area contributed by atoms with Gasteiger partial charge in [-0.15, -0.1) is 0 Å². The first-order valence-corrected chi connectivity index (χ1v) is 12.4. The van der Waals surface area contributed by atoms with Gasteiger partial charge < -0.3 is 24.6 Å². The van der Waals surface area contributed by atoms with Gasteiger partial charge in [-0.05, 0) is 66.9 Å². The first kappa shape index (κ1) is 25.6. The largest absolute Gasteiger partial charge is 0.497 e. The SMILES string of the molecule is CCN1CCN(c2cccc(Nc3ncc(CCc4cc(OC)cc(C(=O)COC)c4)cn3)c2)CC1. The van der Waals surface area contributed by atoms with Crippen molar-refractivity contribution in [2.24, 2.45) is 0 Å². The van der Waals surface area contributed by atoms with Crippen molar-refractivity contribution >= 4 is 23.1 Å². The summed E-state index contributed by atoms with van der Waals surface area (Å²) in [6.45, 7) is 7.64. The van der Waals surface area contributed by atoms with Crippen molar-refractivity contribution in [2.45, 2.75) is 19.8 Å². The Morgan fingerprint density at radius 2 is 1.72 bits per heavy atom. The second-order valence-corrected chi connectivity index (χ2v) is 8.94. The van der Waals surface area contributed by atoms with Crippen LogP contribution in [0.1, 0.15) is 28.4 Å². The lowest BCUT2D eigenvalue weighted by molar-refractivity contribution is 0.0847. The number of carbonyl (C=O) groups is 1. The number of ketones is 1. The summed E-state index contributed by atoms with van der Waals surface area (Å²) in [6.07, 6.45) is 5.19. The van der Waals surface area contributed by atoms with Crippen LogP contribution < -0.4 is 15.0 Å². The van der Waals surface area contributed by atoms with Crippen LogP contribution >= 0.6 is 0 Å². The molecule has 0 saturated carbocycles. The zero-order chi connectivity index (χ0) is 25.3. The summed E-state index contributed by atoms with van der Waals surface area (Å²) in [6, 6.07) is 14.0. The zero-order valence-electron chi connectivity index (χ0n) is 21.4. The molecular formula is C28H35N5O3. The Labute approximate surface area is 213 Å². The average Bonchev–Trinajstić information content (AvgIpc) is 2.93. The van der Waals surface area contributed by atoms with Gasteiger partial charge in [0.1, 0.15) is 12.4 Å². The normalized spacial score (nSPS) is 14.0. The van der Waals surface area contributed by atoms with Crippen LogP contribution in [0.3, 0.4) is 0 Å². The summed E-state index contributed by atoms with van der Waals surface area (Å²) < 4.78 is 10.4. The number of hydrogen-bond donors (Lipinski definition) is 1. The van der Waals surface area contributed by atoms with Crippen LogP contribution in [0.2, 0.25) is 0 Å². The fraction of sp³-hybridized carbons (Fsp3) is 0.393. The quantitative estimate of drug-likeness (QED) is 0.405. The number of methoxy groups -OCH3 is 2. The van der Waals surface area contributed by atoms with Gasteiger partial charge in [-0.2, -0.15) is 0 Å². The third kappa shape index (κ3) is 6.80. The highest BCUT2D eigenvalue weighted by Crippen LogP contribution is 2.23. The molecule has 0 radical (unpaired) electrons. The molecule has 3 aromatic rings. The number of rotatable bonds is 11. The minimum atomic E-state index is -0.0660. The summed E-state index contributed by atoms with van der Waals surface area (Å²) in [5.74, 6) is 1.17. The van der Waals surface area contributed by atoms with E-state index in [0.29, 0.717) is 17.3 Å². The Hall–Kier alpha value is -3.49. The van der Waals surface area contributed by atoms with Crippen LogP contribution in [0.25, 0.3) is 0 Å². The van der Waals surface area contributed by atoms with Gasteiger partial charge in [-0.1, -0.05) is 13.0 Å². The molecule has 190 valence electrons. The molecule has 8 nitrogen and oxygen atoms in total. The van der Waals surface area contributed by atoms with Crippen LogP contribution in [0.5, 0.6) is 5.75 Å². The fourth-order valence-electron chi connectivity index (χ4n) is 4.37. The van der Waals surface area contributed by atoms with E-state index in [0.717, 1.165) is 62.4 Å². The van der Waals surface area contributed by atoms with E-state index in [1.54, 1.807) is 13.2 Å². The van der Waals surface area contributed by atoms with Crippen LogP contribution in [0.15, 0.2) is 54.9 Å². The molecule has 36 heavy (non-hydrogen) atoms. The van der Waals surface area contributed by atoms with Gasteiger partial charge in [0, 0.05) is 62.6 Å². The molecule has 0 spiro atoms. The second-order valence-electron chi connectivity index (χ2n) is 8.94. The third-order valence-electron chi connectivity index (χ3n) is 6.49. The van der Waals surface area contributed by atoms with Gasteiger partial charge in [0.25, 0.3) is 0 Å². The predicted molar refractivity (Wildman–Crippen MR) is 143 cm³/mol. The van der Waals surface area contributed by atoms with Crippen molar-refractivity contribution in [3.8, 4) is 5.75 Å². The minimum absolute atomic E-state index is 0.0489. The number of likely N-dealkylation sites (N-methyl/N-ethyl adjacent to an activating group) is 1. The molecule has 2 heterocycles.